The number of carbonyl (C=O) groups excluding carboxylic acids is 1. The molecule has 0 aliphatic heterocycles. The first-order valence-electron chi connectivity index (χ1n) is 9.09. The number of para-hydroxylation sites is 1. The average Bonchev–Trinajstić information content (AvgIpc) is 2.75. The summed E-state index contributed by atoms with van der Waals surface area (Å²) in [5.41, 5.74) is 7.22. The van der Waals surface area contributed by atoms with E-state index >= 15 is 0 Å². The minimum atomic E-state index is -0.634. The lowest BCUT2D eigenvalue weighted by molar-refractivity contribution is -0.0207. The Bertz CT molecular complexity index is 1250. The van der Waals surface area contributed by atoms with Gasteiger partial charge in [-0.1, -0.05) is 65.9 Å². The fraction of sp³-hybridized carbons (Fsp3) is 0. The first-order valence-corrected chi connectivity index (χ1v) is 9.09. The summed E-state index contributed by atoms with van der Waals surface area (Å²) in [6.45, 7) is 0. The Morgan fingerprint density at radius 3 is 2.13 bits per heavy atom. The van der Waals surface area contributed by atoms with E-state index < -0.39 is 5.91 Å². The Morgan fingerprint density at radius 2 is 1.40 bits per heavy atom. The summed E-state index contributed by atoms with van der Waals surface area (Å²) < 4.78 is 9.33. The van der Waals surface area contributed by atoms with Gasteiger partial charge >= 0.3 is 0 Å². The third kappa shape index (κ3) is 6.07. The molecule has 3 rings (SSSR count). The van der Waals surface area contributed by atoms with E-state index in [1.54, 1.807) is 24.3 Å². The normalized spacial score (nSPS) is 9.60. The van der Waals surface area contributed by atoms with Crippen molar-refractivity contribution in [1.82, 2.24) is 15.4 Å². The van der Waals surface area contributed by atoms with E-state index in [0.717, 1.165) is 21.8 Å². The van der Waals surface area contributed by atoms with E-state index in [2.05, 4.69) is 21.1 Å². The number of hydrogen-bond donors (Lipinski definition) is 2. The number of hydrogen-bond acceptors (Lipinski definition) is 5. The van der Waals surface area contributed by atoms with Crippen LogP contribution in [0.5, 0.6) is 0 Å². The predicted octanol–water partition coefficient (Wildman–Crippen LogP) is 4.89. The zero-order valence-electron chi connectivity index (χ0n) is 16.0. The van der Waals surface area contributed by atoms with Gasteiger partial charge in [0.05, 0.1) is 22.8 Å². The van der Waals surface area contributed by atoms with E-state index in [1.165, 1.54) is 18.5 Å². The summed E-state index contributed by atoms with van der Waals surface area (Å²) in [6, 6.07) is 27.9. The largest absolute Gasteiger partial charge is 0.366 e. The van der Waals surface area contributed by atoms with Gasteiger partial charge in [-0.25, -0.2) is 4.98 Å². The van der Waals surface area contributed by atoms with Gasteiger partial charge in [0.25, 0.3) is 0 Å². The maximum absolute atomic E-state index is 11.5. The quantitative estimate of drug-likeness (QED) is 0.565. The highest BCUT2D eigenvalue weighted by atomic mass is 17.0. The molecule has 0 saturated heterocycles. The third-order valence-electron chi connectivity index (χ3n) is 3.91. The van der Waals surface area contributed by atoms with Crippen molar-refractivity contribution in [3.63, 3.8) is 0 Å². The first kappa shape index (κ1) is 20.3. The fourth-order valence-electron chi connectivity index (χ4n) is 2.50. The SMILES string of the molecule is NC(=O)c1ccccc2nc3ccccc3cc2cccccccoo[nH]nc1. The van der Waals surface area contributed by atoms with Crippen molar-refractivity contribution in [2.24, 2.45) is 5.73 Å². The topological polar surface area (TPSA) is 111 Å². The van der Waals surface area contributed by atoms with Crippen molar-refractivity contribution in [3.05, 3.63) is 109 Å². The van der Waals surface area contributed by atoms with Crippen LogP contribution in [0.3, 0.4) is 0 Å². The lowest BCUT2D eigenvalue weighted by Gasteiger charge is -1.98. The van der Waals surface area contributed by atoms with Crippen molar-refractivity contribution in [1.29, 1.82) is 0 Å². The molecule has 150 valence electrons. The minimum Gasteiger partial charge on any atom is -0.366 e. The smallest absolute Gasteiger partial charge is 0.250 e. The monoisotopic (exact) mass is 400 g/mol. The summed E-state index contributed by atoms with van der Waals surface area (Å²) >= 11 is 0. The molecule has 7 heteroatoms. The molecule has 0 unspecified atom stereocenters. The van der Waals surface area contributed by atoms with Gasteiger partial charge in [-0.15, -0.1) is 5.10 Å². The van der Waals surface area contributed by atoms with Gasteiger partial charge in [0.15, 0.2) is 0 Å². The number of nitrogens with two attached hydrogens (primary N) is 1. The number of carbonyl (C=O) groups is 1. The maximum Gasteiger partial charge on any atom is 0.250 e. The van der Waals surface area contributed by atoms with Crippen molar-refractivity contribution in [3.8, 4) is 0 Å². The average molecular weight is 400 g/mol. The first-order chi connectivity index (χ1) is 14.7. The van der Waals surface area contributed by atoms with Crippen molar-refractivity contribution in [2.75, 3.05) is 0 Å². The summed E-state index contributed by atoms with van der Waals surface area (Å²) in [6.07, 6.45) is 2.55. The van der Waals surface area contributed by atoms with Crippen LogP contribution in [0.15, 0.2) is 113 Å². The van der Waals surface area contributed by atoms with E-state index in [-0.39, 0.29) is 5.56 Å². The number of H-pyrrole nitrogens is 1. The zero-order valence-corrected chi connectivity index (χ0v) is 16.0. The molecule has 2 heterocycles. The standard InChI is InChI=1S/C23H20N4O3/c24-23(28)20-12-6-8-14-21-18(16-19-11-5-7-13-22(19)26-21)10-4-2-1-3-9-15-29-30-27-25-17-20/h1-17,27H,(H2,24,28). The molecule has 1 aromatic carbocycles. The van der Waals surface area contributed by atoms with Gasteiger partial charge in [-0.2, -0.15) is 4.68 Å². The van der Waals surface area contributed by atoms with Crippen LogP contribution in [-0.4, -0.2) is 21.3 Å². The Balaban J connectivity index is 2.24. The molecule has 7 nitrogen and oxygen atoms in total. The maximum atomic E-state index is 11.5. The zero-order chi connectivity index (χ0) is 21.0. The summed E-state index contributed by atoms with van der Waals surface area (Å²) in [7, 11) is 0. The number of nitrogens with one attached hydrogen (secondary N) is 1. The Labute approximate surface area is 172 Å². The molecular formula is C23H20N4O3. The van der Waals surface area contributed by atoms with Gasteiger partial charge in [-0.3, -0.25) is 9.37 Å². The Morgan fingerprint density at radius 1 is 0.800 bits per heavy atom. The van der Waals surface area contributed by atoms with Crippen LogP contribution >= 0.6 is 0 Å². The van der Waals surface area contributed by atoms with Crippen molar-refractivity contribution in [2.45, 2.75) is 0 Å². The predicted molar refractivity (Wildman–Crippen MR) is 115 cm³/mol. The number of aromatic nitrogens is 3. The van der Waals surface area contributed by atoms with Crippen LogP contribution in [0.2, 0.25) is 0 Å². The summed E-state index contributed by atoms with van der Waals surface area (Å²) in [5.74, 6) is -0.634. The highest BCUT2D eigenvalue weighted by Crippen LogP contribution is 2.17. The molecule has 0 bridgehead atoms. The second-order valence-corrected chi connectivity index (χ2v) is 5.99. The summed E-state index contributed by atoms with van der Waals surface area (Å²) in [4.78, 5) is 16.3. The highest BCUT2D eigenvalue weighted by Gasteiger charge is 1.96. The molecule has 0 atom stereocenters. The highest BCUT2D eigenvalue weighted by molar-refractivity contribution is 5.92. The van der Waals surface area contributed by atoms with Gasteiger partial charge in [-0.05, 0) is 30.3 Å². The van der Waals surface area contributed by atoms with Crippen LogP contribution in [0.1, 0.15) is 10.4 Å². The Kier molecular flexibility index (Phi) is 7.34. The van der Waals surface area contributed by atoms with Crippen LogP contribution in [0, 0.1) is 0 Å². The molecule has 3 aromatic rings. The molecule has 0 spiro atoms. The number of benzene rings is 1. The molecule has 0 aliphatic rings. The van der Waals surface area contributed by atoms with Crippen molar-refractivity contribution < 1.29 is 14.1 Å². The molecule has 0 fully saturated rings. The molecule has 0 radical (unpaired) electrons. The second-order valence-electron chi connectivity index (χ2n) is 5.99. The third-order valence-corrected chi connectivity index (χ3v) is 3.91. The van der Waals surface area contributed by atoms with Gasteiger partial charge < -0.3 is 5.73 Å². The fourth-order valence-corrected chi connectivity index (χ4v) is 2.50. The number of aromatic amines is 1. The molecule has 0 saturated carbocycles. The van der Waals surface area contributed by atoms with E-state index in [1.807, 2.05) is 54.6 Å². The summed E-state index contributed by atoms with van der Waals surface area (Å²) in [5, 5.41) is 7.89. The van der Waals surface area contributed by atoms with Gasteiger partial charge in [0, 0.05) is 10.8 Å². The molecule has 30 heavy (non-hydrogen) atoms. The molecule has 2 aromatic heterocycles. The Hall–Kier alpha value is -4.39. The van der Waals surface area contributed by atoms with Gasteiger partial charge in [0.1, 0.15) is 6.26 Å². The van der Waals surface area contributed by atoms with Crippen LogP contribution < -0.4 is 5.73 Å². The van der Waals surface area contributed by atoms with E-state index in [0.29, 0.717) is 0 Å². The number of amides is 1. The molecule has 0 aliphatic carbocycles. The van der Waals surface area contributed by atoms with Crippen molar-refractivity contribution >= 4 is 27.7 Å². The lowest BCUT2D eigenvalue weighted by Crippen LogP contribution is -2.10. The number of pyridine rings is 1. The number of fused-ring (bicyclic) bond motifs is 2. The lowest BCUT2D eigenvalue weighted by atomic mass is 10.1. The van der Waals surface area contributed by atoms with E-state index in [4.69, 9.17) is 15.3 Å². The number of primary amides is 1. The van der Waals surface area contributed by atoms with Crippen LogP contribution in [0.4, 0.5) is 0 Å². The van der Waals surface area contributed by atoms with Crippen LogP contribution in [-0.2, 0) is 0 Å². The van der Waals surface area contributed by atoms with Gasteiger partial charge in [0.2, 0.25) is 5.91 Å². The number of rotatable bonds is 1. The molecular weight excluding hydrogens is 380 g/mol. The van der Waals surface area contributed by atoms with E-state index in [9.17, 15) is 4.79 Å². The number of nitrogens with zero attached hydrogens (tertiary/aromatic N) is 2. The van der Waals surface area contributed by atoms with Crippen LogP contribution in [0.25, 0.3) is 21.8 Å². The molecule has 3 N–H and O–H groups in total. The second kappa shape index (κ2) is 10.8. The minimum absolute atomic E-state index is 0.174. The molecule has 1 amide bonds.